The number of likely N-dealkylation sites (tertiary alicyclic amines) is 1. The van der Waals surface area contributed by atoms with Crippen molar-refractivity contribution in [2.45, 2.75) is 19.8 Å². The van der Waals surface area contributed by atoms with E-state index in [1.807, 2.05) is 37.3 Å². The molecular weight excluding hydrogens is 396 g/mol. The number of piperidine rings is 1. The van der Waals surface area contributed by atoms with Crippen molar-refractivity contribution in [2.24, 2.45) is 5.92 Å². The van der Waals surface area contributed by atoms with Crippen molar-refractivity contribution < 1.29 is 19.1 Å². The van der Waals surface area contributed by atoms with Gasteiger partial charge in [-0.15, -0.1) is 0 Å². The zero-order valence-electron chi connectivity index (χ0n) is 16.1. The van der Waals surface area contributed by atoms with Gasteiger partial charge in [-0.2, -0.15) is 0 Å². The molecule has 0 radical (unpaired) electrons. The predicted molar refractivity (Wildman–Crippen MR) is 114 cm³/mol. The highest BCUT2D eigenvalue weighted by atomic mass is 32.2. The van der Waals surface area contributed by atoms with Crippen LogP contribution in [0.5, 0.6) is 5.75 Å². The molecule has 28 heavy (non-hydrogen) atoms. The number of ether oxygens (including phenoxy) is 2. The Morgan fingerprint density at radius 1 is 1.29 bits per heavy atom. The molecule has 2 fully saturated rings. The summed E-state index contributed by atoms with van der Waals surface area (Å²) in [6.07, 6.45) is 3.34. The number of nitrogens with zero attached hydrogens (tertiary/aromatic N) is 2. The van der Waals surface area contributed by atoms with Crippen LogP contribution in [-0.2, 0) is 14.3 Å². The molecule has 0 N–H and O–H groups in total. The van der Waals surface area contributed by atoms with Crippen LogP contribution >= 0.6 is 24.0 Å². The molecule has 2 aliphatic rings. The number of hydrogen-bond donors (Lipinski definition) is 0. The Hall–Kier alpha value is -1.90. The minimum absolute atomic E-state index is 0.0441. The fourth-order valence-electron chi connectivity index (χ4n) is 3.24. The molecule has 0 saturated carbocycles. The molecule has 0 atom stereocenters. The predicted octanol–water partition coefficient (Wildman–Crippen LogP) is 3.13. The lowest BCUT2D eigenvalue weighted by Crippen LogP contribution is -2.45. The molecule has 0 aromatic heterocycles. The minimum Gasteiger partial charge on any atom is -0.497 e. The third kappa shape index (κ3) is 4.92. The second kappa shape index (κ2) is 9.54. The van der Waals surface area contributed by atoms with E-state index in [1.54, 1.807) is 12.0 Å². The van der Waals surface area contributed by atoms with Gasteiger partial charge >= 0.3 is 5.97 Å². The number of thioether (sulfide) groups is 1. The molecule has 1 aromatic rings. The van der Waals surface area contributed by atoms with E-state index in [1.165, 1.54) is 11.8 Å². The van der Waals surface area contributed by atoms with Gasteiger partial charge in [-0.3, -0.25) is 19.4 Å². The number of esters is 1. The van der Waals surface area contributed by atoms with Gasteiger partial charge in [0, 0.05) is 13.1 Å². The van der Waals surface area contributed by atoms with Crippen molar-refractivity contribution in [3.8, 4) is 5.75 Å². The first-order valence-corrected chi connectivity index (χ1v) is 10.5. The summed E-state index contributed by atoms with van der Waals surface area (Å²) in [7, 11) is 1.62. The van der Waals surface area contributed by atoms with E-state index in [2.05, 4.69) is 4.90 Å². The second-order valence-electron chi connectivity index (χ2n) is 6.67. The normalized spacial score (nSPS) is 20.1. The topological polar surface area (TPSA) is 59.1 Å². The van der Waals surface area contributed by atoms with Crippen LogP contribution in [0.1, 0.15) is 25.3 Å². The first-order valence-electron chi connectivity index (χ1n) is 9.30. The first-order chi connectivity index (χ1) is 13.5. The number of thiocarbonyl (C=S) groups is 1. The molecule has 0 aliphatic carbocycles. The van der Waals surface area contributed by atoms with Gasteiger partial charge in [0.15, 0.2) is 0 Å². The molecule has 0 spiro atoms. The zero-order chi connectivity index (χ0) is 20.1. The molecule has 0 unspecified atom stereocenters. The highest BCUT2D eigenvalue weighted by Gasteiger charge is 2.34. The summed E-state index contributed by atoms with van der Waals surface area (Å²) in [5.41, 5.74) is 0.927. The van der Waals surface area contributed by atoms with Gasteiger partial charge in [0.1, 0.15) is 10.1 Å². The Bertz CT molecular complexity index is 771. The van der Waals surface area contributed by atoms with E-state index >= 15 is 0 Å². The van der Waals surface area contributed by atoms with Gasteiger partial charge < -0.3 is 9.47 Å². The van der Waals surface area contributed by atoms with Crippen LogP contribution in [0.2, 0.25) is 0 Å². The number of amides is 1. The Labute approximate surface area is 174 Å². The van der Waals surface area contributed by atoms with Crippen LogP contribution in [-0.4, -0.2) is 59.5 Å². The van der Waals surface area contributed by atoms with Crippen LogP contribution in [0, 0.1) is 5.92 Å². The molecule has 2 heterocycles. The summed E-state index contributed by atoms with van der Waals surface area (Å²) in [4.78, 5) is 29.1. The summed E-state index contributed by atoms with van der Waals surface area (Å²) < 4.78 is 10.8. The molecule has 0 bridgehead atoms. The molecule has 6 nitrogen and oxygen atoms in total. The maximum Gasteiger partial charge on any atom is 0.309 e. The van der Waals surface area contributed by atoms with E-state index < -0.39 is 0 Å². The van der Waals surface area contributed by atoms with Crippen LogP contribution in [0.15, 0.2) is 29.2 Å². The summed E-state index contributed by atoms with van der Waals surface area (Å²) in [6, 6.07) is 7.54. The third-order valence-corrected chi connectivity index (χ3v) is 6.21. The molecule has 1 amide bonds. The number of rotatable bonds is 6. The molecule has 3 rings (SSSR count). The van der Waals surface area contributed by atoms with E-state index in [0.717, 1.165) is 37.2 Å². The smallest absolute Gasteiger partial charge is 0.309 e. The van der Waals surface area contributed by atoms with Crippen molar-refractivity contribution in [1.29, 1.82) is 0 Å². The van der Waals surface area contributed by atoms with E-state index in [-0.39, 0.29) is 17.8 Å². The van der Waals surface area contributed by atoms with E-state index in [4.69, 9.17) is 21.7 Å². The summed E-state index contributed by atoms with van der Waals surface area (Å²) in [6.45, 7) is 4.19. The van der Waals surface area contributed by atoms with Crippen molar-refractivity contribution >= 4 is 46.3 Å². The lowest BCUT2D eigenvalue weighted by Gasteiger charge is -2.33. The van der Waals surface area contributed by atoms with Crippen LogP contribution in [0.4, 0.5) is 0 Å². The van der Waals surface area contributed by atoms with Crippen molar-refractivity contribution in [3.05, 3.63) is 34.7 Å². The maximum absolute atomic E-state index is 12.8. The van der Waals surface area contributed by atoms with Gasteiger partial charge in [0.25, 0.3) is 5.91 Å². The molecule has 2 aliphatic heterocycles. The molecule has 8 heteroatoms. The average molecular weight is 421 g/mol. The van der Waals surface area contributed by atoms with Gasteiger partial charge in [0.05, 0.1) is 31.2 Å². The van der Waals surface area contributed by atoms with Crippen molar-refractivity contribution in [3.63, 3.8) is 0 Å². The Morgan fingerprint density at radius 2 is 1.96 bits per heavy atom. The maximum atomic E-state index is 12.8. The minimum atomic E-state index is -0.116. The quantitative estimate of drug-likeness (QED) is 0.398. The summed E-state index contributed by atoms with van der Waals surface area (Å²) in [5, 5.41) is 0. The molecule has 2 saturated heterocycles. The van der Waals surface area contributed by atoms with E-state index in [9.17, 15) is 9.59 Å². The van der Waals surface area contributed by atoms with Gasteiger partial charge in [-0.1, -0.05) is 36.1 Å². The molecule has 150 valence electrons. The lowest BCUT2D eigenvalue weighted by atomic mass is 9.97. The molecular formula is C20H24N2O4S2. The Morgan fingerprint density at radius 3 is 2.57 bits per heavy atom. The number of carbonyl (C=O) groups is 2. The number of benzene rings is 1. The van der Waals surface area contributed by atoms with Crippen LogP contribution in [0.3, 0.4) is 0 Å². The number of carbonyl (C=O) groups excluding carboxylic acids is 2. The van der Waals surface area contributed by atoms with Gasteiger partial charge in [0.2, 0.25) is 0 Å². The monoisotopic (exact) mass is 420 g/mol. The highest BCUT2D eigenvalue weighted by molar-refractivity contribution is 8.26. The Kier molecular flexibility index (Phi) is 7.09. The summed E-state index contributed by atoms with van der Waals surface area (Å²) in [5.74, 6) is 0.543. The summed E-state index contributed by atoms with van der Waals surface area (Å²) >= 11 is 6.75. The van der Waals surface area contributed by atoms with E-state index in [0.29, 0.717) is 22.5 Å². The SMILES string of the molecule is CCOC(=O)C1CCN(CN2C(=O)/C(=C/c3ccc(OC)cc3)SC2=S)CC1. The van der Waals surface area contributed by atoms with Gasteiger partial charge in [-0.05, 0) is 43.5 Å². The number of methoxy groups -OCH3 is 1. The van der Waals surface area contributed by atoms with Crippen LogP contribution in [0.25, 0.3) is 6.08 Å². The average Bonchev–Trinajstić information content (AvgIpc) is 2.96. The molecule has 1 aromatic carbocycles. The van der Waals surface area contributed by atoms with Crippen molar-refractivity contribution in [2.75, 3.05) is 33.5 Å². The first kappa shape index (κ1) is 20.8. The van der Waals surface area contributed by atoms with Crippen molar-refractivity contribution in [1.82, 2.24) is 9.80 Å². The Balaban J connectivity index is 1.58. The standard InChI is InChI=1S/C20H24N2O4S2/c1-3-26-19(24)15-8-10-21(11-9-15)13-22-18(23)17(28-20(22)27)12-14-4-6-16(25-2)7-5-14/h4-7,12,15H,3,8-11,13H2,1-2H3/b17-12-. The fraction of sp³-hybridized carbons (Fsp3) is 0.450. The fourth-order valence-corrected chi connectivity index (χ4v) is 4.49. The largest absolute Gasteiger partial charge is 0.497 e. The zero-order valence-corrected chi connectivity index (χ0v) is 17.7. The number of hydrogen-bond acceptors (Lipinski definition) is 7. The van der Waals surface area contributed by atoms with Crippen LogP contribution < -0.4 is 4.74 Å². The second-order valence-corrected chi connectivity index (χ2v) is 8.34. The third-order valence-electron chi connectivity index (χ3n) is 4.84. The van der Waals surface area contributed by atoms with Gasteiger partial charge in [-0.25, -0.2) is 0 Å². The highest BCUT2D eigenvalue weighted by Crippen LogP contribution is 2.33. The lowest BCUT2D eigenvalue weighted by molar-refractivity contribution is -0.150.